The van der Waals surface area contributed by atoms with Crippen LogP contribution in [0.15, 0.2) is 11.4 Å². The van der Waals surface area contributed by atoms with Gasteiger partial charge in [-0.3, -0.25) is 0 Å². The molecule has 1 unspecified atom stereocenters. The Balaban J connectivity index is 2.24. The zero-order chi connectivity index (χ0) is 12.5. The van der Waals surface area contributed by atoms with Gasteiger partial charge in [0.15, 0.2) is 0 Å². The van der Waals surface area contributed by atoms with Crippen molar-refractivity contribution in [1.82, 2.24) is 0 Å². The zero-order valence-corrected chi connectivity index (χ0v) is 12.1. The van der Waals surface area contributed by atoms with Crippen LogP contribution in [-0.2, 0) is 0 Å². The summed E-state index contributed by atoms with van der Waals surface area (Å²) in [6.45, 7) is 6.86. The van der Waals surface area contributed by atoms with E-state index in [0.717, 1.165) is 5.92 Å². The van der Waals surface area contributed by atoms with Gasteiger partial charge in [-0.1, -0.05) is 26.7 Å². The first-order valence-corrected chi connectivity index (χ1v) is 7.73. The van der Waals surface area contributed by atoms with Crippen LogP contribution in [0, 0.1) is 18.3 Å². The number of hydrogen-bond donors (Lipinski definition) is 1. The monoisotopic (exact) mass is 251 g/mol. The molecule has 1 atom stereocenters. The minimum absolute atomic E-state index is 0.249. The van der Waals surface area contributed by atoms with Gasteiger partial charge in [-0.2, -0.15) is 0 Å². The second-order valence-corrected chi connectivity index (χ2v) is 7.20. The third kappa shape index (κ3) is 2.58. The second kappa shape index (κ2) is 5.11. The van der Waals surface area contributed by atoms with E-state index in [4.69, 9.17) is 5.73 Å². The van der Waals surface area contributed by atoms with Crippen LogP contribution in [0.4, 0.5) is 0 Å². The highest BCUT2D eigenvalue weighted by Gasteiger charge is 2.40. The van der Waals surface area contributed by atoms with Crippen LogP contribution in [-0.4, -0.2) is 0 Å². The van der Waals surface area contributed by atoms with Gasteiger partial charge in [0.05, 0.1) is 0 Å². The van der Waals surface area contributed by atoms with Crippen molar-refractivity contribution in [2.24, 2.45) is 17.1 Å². The third-order valence-electron chi connectivity index (χ3n) is 4.31. The van der Waals surface area contributed by atoms with E-state index in [1.165, 1.54) is 42.5 Å². The van der Waals surface area contributed by atoms with E-state index in [1.54, 1.807) is 0 Å². The highest BCUT2D eigenvalue weighted by atomic mass is 32.1. The van der Waals surface area contributed by atoms with Gasteiger partial charge in [0.25, 0.3) is 0 Å². The van der Waals surface area contributed by atoms with Crippen LogP contribution in [0.1, 0.15) is 62.4 Å². The topological polar surface area (TPSA) is 26.0 Å². The number of hydrogen-bond acceptors (Lipinski definition) is 2. The van der Waals surface area contributed by atoms with E-state index in [9.17, 15) is 0 Å². The van der Waals surface area contributed by atoms with Crippen molar-refractivity contribution in [2.45, 2.75) is 58.9 Å². The molecule has 0 spiro atoms. The third-order valence-corrected chi connectivity index (χ3v) is 5.17. The van der Waals surface area contributed by atoms with E-state index in [2.05, 4.69) is 32.2 Å². The van der Waals surface area contributed by atoms with E-state index >= 15 is 0 Å². The minimum Gasteiger partial charge on any atom is -0.323 e. The Bertz CT molecular complexity index is 361. The summed E-state index contributed by atoms with van der Waals surface area (Å²) in [5.41, 5.74) is 8.41. The molecule has 17 heavy (non-hydrogen) atoms. The molecule has 0 radical (unpaired) electrons. The summed E-state index contributed by atoms with van der Waals surface area (Å²) in [6.07, 6.45) is 6.65. The summed E-state index contributed by atoms with van der Waals surface area (Å²) in [5.74, 6) is 0.748. The lowest BCUT2D eigenvalue weighted by Crippen LogP contribution is -2.33. The predicted molar refractivity (Wildman–Crippen MR) is 76.3 cm³/mol. The summed E-state index contributed by atoms with van der Waals surface area (Å²) in [4.78, 5) is 1.41. The van der Waals surface area contributed by atoms with Gasteiger partial charge in [-0.05, 0) is 54.5 Å². The van der Waals surface area contributed by atoms with Crippen molar-refractivity contribution < 1.29 is 0 Å². The Kier molecular flexibility index (Phi) is 3.94. The molecular formula is C15H25NS. The molecule has 0 aliphatic heterocycles. The van der Waals surface area contributed by atoms with Crippen molar-refractivity contribution in [3.05, 3.63) is 21.9 Å². The Morgan fingerprint density at radius 2 is 2.00 bits per heavy atom. The zero-order valence-electron chi connectivity index (χ0n) is 11.3. The normalized spacial score (nSPS) is 21.0. The van der Waals surface area contributed by atoms with Gasteiger partial charge in [0.1, 0.15) is 0 Å². The van der Waals surface area contributed by atoms with Gasteiger partial charge in [-0.15, -0.1) is 11.3 Å². The maximum Gasteiger partial charge on any atom is 0.0363 e. The molecule has 1 heterocycles. The van der Waals surface area contributed by atoms with Crippen LogP contribution in [0.5, 0.6) is 0 Å². The number of aryl methyl sites for hydroxylation is 1. The number of rotatable bonds is 4. The highest BCUT2D eigenvalue weighted by molar-refractivity contribution is 7.10. The molecule has 1 nitrogen and oxygen atoms in total. The molecule has 1 aromatic heterocycles. The molecule has 1 fully saturated rings. The van der Waals surface area contributed by atoms with E-state index in [0.29, 0.717) is 5.41 Å². The first kappa shape index (κ1) is 13.1. The van der Waals surface area contributed by atoms with Gasteiger partial charge in [0.2, 0.25) is 0 Å². The summed E-state index contributed by atoms with van der Waals surface area (Å²) in [6, 6.07) is 2.49. The quantitative estimate of drug-likeness (QED) is 0.827. The molecule has 2 N–H and O–H groups in total. The molecule has 0 saturated heterocycles. The maximum atomic E-state index is 6.64. The molecule has 0 amide bonds. The Labute approximate surface area is 109 Å². The van der Waals surface area contributed by atoms with Crippen LogP contribution in [0.25, 0.3) is 0 Å². The average Bonchev–Trinajstić information content (AvgIpc) is 2.86. The van der Waals surface area contributed by atoms with E-state index in [1.807, 2.05) is 11.3 Å². The summed E-state index contributed by atoms with van der Waals surface area (Å²) < 4.78 is 0. The molecule has 1 aliphatic carbocycles. The number of nitrogens with two attached hydrogens (primary N) is 1. The summed E-state index contributed by atoms with van der Waals surface area (Å²) in [5, 5.41) is 2.18. The Morgan fingerprint density at radius 1 is 1.35 bits per heavy atom. The first-order chi connectivity index (χ1) is 8.05. The summed E-state index contributed by atoms with van der Waals surface area (Å²) in [7, 11) is 0. The lowest BCUT2D eigenvalue weighted by molar-refractivity contribution is 0.183. The van der Waals surface area contributed by atoms with Crippen molar-refractivity contribution >= 4 is 11.3 Å². The smallest absolute Gasteiger partial charge is 0.0363 e. The van der Waals surface area contributed by atoms with Gasteiger partial charge < -0.3 is 5.73 Å². The SMILES string of the molecule is Cc1sccc1C(N)C1(CC(C)C)CCCC1. The standard InChI is InChI=1S/C15H25NS/c1-11(2)10-15(7-4-5-8-15)14(16)13-6-9-17-12(13)3/h6,9,11,14H,4-5,7-8,10,16H2,1-3H3. The summed E-state index contributed by atoms with van der Waals surface area (Å²) >= 11 is 1.83. The maximum absolute atomic E-state index is 6.64. The minimum atomic E-state index is 0.249. The number of thiophene rings is 1. The largest absolute Gasteiger partial charge is 0.323 e. The Hall–Kier alpha value is -0.340. The highest BCUT2D eigenvalue weighted by Crippen LogP contribution is 2.51. The van der Waals surface area contributed by atoms with Crippen LogP contribution >= 0.6 is 11.3 Å². The molecule has 1 aliphatic rings. The van der Waals surface area contributed by atoms with Gasteiger partial charge >= 0.3 is 0 Å². The first-order valence-electron chi connectivity index (χ1n) is 6.85. The molecule has 0 bridgehead atoms. The van der Waals surface area contributed by atoms with E-state index < -0.39 is 0 Å². The lowest BCUT2D eigenvalue weighted by atomic mass is 9.71. The predicted octanol–water partition coefficient (Wildman–Crippen LogP) is 4.66. The molecule has 1 saturated carbocycles. The Morgan fingerprint density at radius 3 is 2.47 bits per heavy atom. The average molecular weight is 251 g/mol. The molecule has 2 heteroatoms. The van der Waals surface area contributed by atoms with Crippen molar-refractivity contribution in [3.63, 3.8) is 0 Å². The fourth-order valence-electron chi connectivity index (χ4n) is 3.58. The van der Waals surface area contributed by atoms with Gasteiger partial charge in [-0.25, -0.2) is 0 Å². The molecule has 2 rings (SSSR count). The van der Waals surface area contributed by atoms with Crippen molar-refractivity contribution in [2.75, 3.05) is 0 Å². The van der Waals surface area contributed by atoms with Crippen LogP contribution < -0.4 is 5.73 Å². The second-order valence-electron chi connectivity index (χ2n) is 6.08. The molecule has 1 aromatic rings. The fourth-order valence-corrected chi connectivity index (χ4v) is 4.33. The lowest BCUT2D eigenvalue weighted by Gasteiger charge is -2.37. The van der Waals surface area contributed by atoms with Gasteiger partial charge in [0, 0.05) is 10.9 Å². The molecule has 96 valence electrons. The van der Waals surface area contributed by atoms with Crippen LogP contribution in [0.2, 0.25) is 0 Å². The van der Waals surface area contributed by atoms with Crippen molar-refractivity contribution in [3.8, 4) is 0 Å². The van der Waals surface area contributed by atoms with Crippen LogP contribution in [0.3, 0.4) is 0 Å². The van der Waals surface area contributed by atoms with E-state index in [-0.39, 0.29) is 6.04 Å². The fraction of sp³-hybridized carbons (Fsp3) is 0.733. The van der Waals surface area contributed by atoms with Crippen molar-refractivity contribution in [1.29, 1.82) is 0 Å². The molecule has 0 aromatic carbocycles. The molecular weight excluding hydrogens is 226 g/mol.